The van der Waals surface area contributed by atoms with Gasteiger partial charge in [-0.25, -0.2) is 4.68 Å². The van der Waals surface area contributed by atoms with Gasteiger partial charge in [-0.05, 0) is 14.1 Å². The lowest BCUT2D eigenvalue weighted by Gasteiger charge is -2.20. The van der Waals surface area contributed by atoms with Crippen molar-refractivity contribution in [2.75, 3.05) is 46.2 Å². The highest BCUT2D eigenvalue weighted by molar-refractivity contribution is 6.32. The molecule has 0 aliphatic carbocycles. The Labute approximate surface area is 129 Å². The fourth-order valence-electron chi connectivity index (χ4n) is 2.27. The Kier molecular flexibility index (Phi) is 5.58. The number of methoxy groups -OCH3 is 1. The van der Waals surface area contributed by atoms with Crippen molar-refractivity contribution in [2.24, 2.45) is 0 Å². The summed E-state index contributed by atoms with van der Waals surface area (Å²) in [6.07, 6.45) is 1.65. The molecular weight excluding hydrogens is 294 g/mol. The first kappa shape index (κ1) is 16.2. The summed E-state index contributed by atoms with van der Waals surface area (Å²) < 4.78 is 6.76. The van der Waals surface area contributed by atoms with Gasteiger partial charge >= 0.3 is 0 Å². The minimum atomic E-state index is -0.275. The Morgan fingerprint density at radius 1 is 1.57 bits per heavy atom. The molecule has 2 atom stereocenters. The number of hydrogen-bond donors (Lipinski definition) is 2. The molecule has 0 saturated carbocycles. The Balaban J connectivity index is 2.11. The molecule has 1 aliphatic rings. The van der Waals surface area contributed by atoms with Gasteiger partial charge in [0.05, 0.1) is 30.6 Å². The van der Waals surface area contributed by atoms with E-state index in [0.29, 0.717) is 12.2 Å². The van der Waals surface area contributed by atoms with Crippen molar-refractivity contribution in [3.63, 3.8) is 0 Å². The largest absolute Gasteiger partial charge is 0.378 e. The summed E-state index contributed by atoms with van der Waals surface area (Å²) >= 11 is 6.17. The van der Waals surface area contributed by atoms with Crippen LogP contribution in [0.2, 0.25) is 5.02 Å². The second-order valence-electron chi connectivity index (χ2n) is 5.39. The smallest absolute Gasteiger partial charge is 0.287 e. The van der Waals surface area contributed by atoms with E-state index in [1.54, 1.807) is 13.3 Å². The molecule has 1 unspecified atom stereocenters. The summed E-state index contributed by atoms with van der Waals surface area (Å²) in [5.41, 5.74) is 0.280. The number of hydrogen-bond acceptors (Lipinski definition) is 6. The maximum absolute atomic E-state index is 12.2. The lowest BCUT2D eigenvalue weighted by molar-refractivity contribution is 0.111. The van der Waals surface area contributed by atoms with Crippen LogP contribution in [0, 0.1) is 0 Å². The van der Waals surface area contributed by atoms with E-state index in [4.69, 9.17) is 16.3 Å². The van der Waals surface area contributed by atoms with E-state index in [2.05, 4.69) is 15.7 Å². The fourth-order valence-corrected chi connectivity index (χ4v) is 2.47. The molecule has 2 N–H and O–H groups in total. The van der Waals surface area contributed by atoms with Gasteiger partial charge in [-0.15, -0.1) is 0 Å². The van der Waals surface area contributed by atoms with Crippen molar-refractivity contribution in [2.45, 2.75) is 18.7 Å². The van der Waals surface area contributed by atoms with Crippen LogP contribution in [0.5, 0.6) is 0 Å². The van der Waals surface area contributed by atoms with Crippen molar-refractivity contribution in [3.05, 3.63) is 21.6 Å². The molecule has 1 saturated heterocycles. The molecule has 1 fully saturated rings. The van der Waals surface area contributed by atoms with Gasteiger partial charge in [0.1, 0.15) is 5.02 Å². The lowest BCUT2D eigenvalue weighted by atomic mass is 10.2. The molecule has 0 aromatic carbocycles. The topological polar surface area (TPSA) is 71.4 Å². The van der Waals surface area contributed by atoms with Gasteiger partial charge in [-0.2, -0.15) is 5.10 Å². The fraction of sp³-hybridized carbons (Fsp3) is 0.692. The van der Waals surface area contributed by atoms with E-state index in [-0.39, 0.29) is 22.7 Å². The average molecular weight is 316 g/mol. The van der Waals surface area contributed by atoms with Gasteiger partial charge in [0.15, 0.2) is 0 Å². The van der Waals surface area contributed by atoms with E-state index in [0.717, 1.165) is 19.6 Å². The highest BCUT2D eigenvalue weighted by Crippen LogP contribution is 2.19. The van der Waals surface area contributed by atoms with Crippen LogP contribution < -0.4 is 16.2 Å². The maximum Gasteiger partial charge on any atom is 0.287 e. The molecule has 2 rings (SSSR count). The molecule has 7 nitrogen and oxygen atoms in total. The first-order valence-corrected chi connectivity index (χ1v) is 7.31. The zero-order valence-corrected chi connectivity index (χ0v) is 13.4. The quantitative estimate of drug-likeness (QED) is 0.761. The van der Waals surface area contributed by atoms with Gasteiger partial charge in [0, 0.05) is 26.7 Å². The molecule has 0 bridgehead atoms. The Morgan fingerprint density at radius 3 is 3.00 bits per heavy atom. The van der Waals surface area contributed by atoms with Crippen LogP contribution in [0.1, 0.15) is 0 Å². The number of halogens is 1. The molecule has 1 aromatic heterocycles. The average Bonchev–Trinajstić information content (AvgIpc) is 2.90. The van der Waals surface area contributed by atoms with Gasteiger partial charge in [0.2, 0.25) is 0 Å². The molecule has 2 heterocycles. The van der Waals surface area contributed by atoms with Crippen LogP contribution in [0.15, 0.2) is 11.0 Å². The summed E-state index contributed by atoms with van der Waals surface area (Å²) in [6.45, 7) is 2.78. The standard InChI is InChI=1S/C13H22ClN5O2/c1-18(2)4-5-19-13(20)12(14)10(7-16-19)17-9-6-15-8-11(9)21-3/h7,9,11,15,17H,4-6,8H2,1-3H3/t9?,11-/m0/s1. The third-order valence-corrected chi connectivity index (χ3v) is 3.91. The highest BCUT2D eigenvalue weighted by Gasteiger charge is 2.27. The summed E-state index contributed by atoms with van der Waals surface area (Å²) in [5.74, 6) is 0. The molecule has 8 heteroatoms. The maximum atomic E-state index is 12.2. The summed E-state index contributed by atoms with van der Waals surface area (Å²) in [4.78, 5) is 14.2. The second kappa shape index (κ2) is 7.22. The van der Waals surface area contributed by atoms with Gasteiger partial charge in [0.25, 0.3) is 5.56 Å². The van der Waals surface area contributed by atoms with Crippen LogP contribution in [0.4, 0.5) is 5.69 Å². The first-order valence-electron chi connectivity index (χ1n) is 6.93. The van der Waals surface area contributed by atoms with Gasteiger partial charge in [-0.1, -0.05) is 11.6 Å². The van der Waals surface area contributed by atoms with Crippen LogP contribution in [0.3, 0.4) is 0 Å². The molecule has 1 aliphatic heterocycles. The number of anilines is 1. The number of likely N-dealkylation sites (N-methyl/N-ethyl adjacent to an activating group) is 1. The van der Waals surface area contributed by atoms with Crippen LogP contribution in [-0.2, 0) is 11.3 Å². The molecule has 0 spiro atoms. The Morgan fingerprint density at radius 2 is 2.33 bits per heavy atom. The highest BCUT2D eigenvalue weighted by atomic mass is 35.5. The van der Waals surface area contributed by atoms with E-state index in [9.17, 15) is 4.79 Å². The van der Waals surface area contributed by atoms with Crippen LogP contribution in [0.25, 0.3) is 0 Å². The lowest BCUT2D eigenvalue weighted by Crippen LogP contribution is -2.35. The van der Waals surface area contributed by atoms with Crippen molar-refractivity contribution in [3.8, 4) is 0 Å². The zero-order valence-electron chi connectivity index (χ0n) is 12.6. The molecular formula is C13H22ClN5O2. The summed E-state index contributed by atoms with van der Waals surface area (Å²) in [5, 5.41) is 10.8. The van der Waals surface area contributed by atoms with E-state index >= 15 is 0 Å². The molecule has 118 valence electrons. The summed E-state index contributed by atoms with van der Waals surface area (Å²) in [7, 11) is 5.56. The normalized spacial score (nSPS) is 22.0. The SMILES string of the molecule is CO[C@H]1CNCC1Nc1cnn(CCN(C)C)c(=O)c1Cl. The monoisotopic (exact) mass is 315 g/mol. The number of nitrogens with one attached hydrogen (secondary N) is 2. The minimum absolute atomic E-state index is 0.0530. The van der Waals surface area contributed by atoms with Gasteiger partial charge < -0.3 is 20.3 Å². The Bertz CT molecular complexity index is 534. The summed E-state index contributed by atoms with van der Waals surface area (Å²) in [6, 6.07) is 0.0753. The third kappa shape index (κ3) is 3.94. The van der Waals surface area contributed by atoms with E-state index < -0.39 is 0 Å². The van der Waals surface area contributed by atoms with Crippen molar-refractivity contribution < 1.29 is 4.74 Å². The number of nitrogens with zero attached hydrogens (tertiary/aromatic N) is 3. The molecule has 0 radical (unpaired) electrons. The zero-order chi connectivity index (χ0) is 15.4. The number of rotatable bonds is 6. The van der Waals surface area contributed by atoms with Crippen molar-refractivity contribution in [1.82, 2.24) is 20.0 Å². The number of aromatic nitrogens is 2. The third-order valence-electron chi connectivity index (χ3n) is 3.55. The van der Waals surface area contributed by atoms with E-state index in [1.165, 1.54) is 4.68 Å². The van der Waals surface area contributed by atoms with Crippen molar-refractivity contribution in [1.29, 1.82) is 0 Å². The predicted octanol–water partition coefficient (Wildman–Crippen LogP) is -0.143. The van der Waals surface area contributed by atoms with Crippen molar-refractivity contribution >= 4 is 17.3 Å². The minimum Gasteiger partial charge on any atom is -0.378 e. The first-order chi connectivity index (χ1) is 10.0. The predicted molar refractivity (Wildman–Crippen MR) is 83.1 cm³/mol. The Hall–Kier alpha value is -1.15. The van der Waals surface area contributed by atoms with E-state index in [1.807, 2.05) is 19.0 Å². The number of ether oxygens (including phenoxy) is 1. The second-order valence-corrected chi connectivity index (χ2v) is 5.76. The molecule has 0 amide bonds. The van der Waals surface area contributed by atoms with Crippen LogP contribution >= 0.6 is 11.6 Å². The molecule has 1 aromatic rings. The molecule has 21 heavy (non-hydrogen) atoms. The van der Waals surface area contributed by atoms with Gasteiger partial charge in [-0.3, -0.25) is 4.79 Å². The van der Waals surface area contributed by atoms with Crippen LogP contribution in [-0.4, -0.2) is 67.7 Å².